The second-order valence-corrected chi connectivity index (χ2v) is 5.63. The molecule has 1 N–H and O–H groups in total. The van der Waals surface area contributed by atoms with Gasteiger partial charge in [-0.15, -0.1) is 11.3 Å². The van der Waals surface area contributed by atoms with Crippen molar-refractivity contribution in [2.24, 2.45) is 0 Å². The number of rotatable bonds is 7. The van der Waals surface area contributed by atoms with Gasteiger partial charge in [0.05, 0.1) is 12.2 Å². The fraction of sp³-hybridized carbons (Fsp3) is 0.400. The van der Waals surface area contributed by atoms with E-state index in [0.717, 1.165) is 37.6 Å². The van der Waals surface area contributed by atoms with Gasteiger partial charge in [-0.1, -0.05) is 19.1 Å². The first-order valence-electron chi connectivity index (χ1n) is 6.69. The summed E-state index contributed by atoms with van der Waals surface area (Å²) in [4.78, 5) is 8.24. The van der Waals surface area contributed by atoms with Gasteiger partial charge in [-0.2, -0.15) is 0 Å². The van der Waals surface area contributed by atoms with Crippen LogP contribution in [0, 0.1) is 0 Å². The molecule has 0 saturated carbocycles. The average molecular weight is 275 g/mol. The minimum atomic E-state index is 0.842. The molecule has 0 aliphatic carbocycles. The van der Waals surface area contributed by atoms with E-state index in [-0.39, 0.29) is 0 Å². The van der Waals surface area contributed by atoms with Gasteiger partial charge in [-0.25, -0.2) is 4.98 Å². The topological polar surface area (TPSA) is 28.2 Å². The lowest BCUT2D eigenvalue weighted by atomic mass is 10.3. The van der Waals surface area contributed by atoms with Crippen molar-refractivity contribution < 1.29 is 0 Å². The van der Waals surface area contributed by atoms with Crippen molar-refractivity contribution >= 4 is 17.2 Å². The molecule has 2 rings (SSSR count). The summed E-state index contributed by atoms with van der Waals surface area (Å²) >= 11 is 1.79. The molecule has 0 atom stereocenters. The standard InChI is InChI=1S/C15H21N3S/c1-3-9-16-11-13-6-4-8-15(17-13)18(2)12-14-7-5-10-19-14/h4-8,10,16H,3,9,11-12H2,1-2H3. The van der Waals surface area contributed by atoms with Crippen molar-refractivity contribution in [2.75, 3.05) is 18.5 Å². The quantitative estimate of drug-likeness (QED) is 0.786. The Bertz CT molecular complexity index is 482. The van der Waals surface area contributed by atoms with E-state index in [4.69, 9.17) is 4.98 Å². The summed E-state index contributed by atoms with van der Waals surface area (Å²) in [6.45, 7) is 4.97. The maximum Gasteiger partial charge on any atom is 0.128 e. The van der Waals surface area contributed by atoms with Crippen LogP contribution in [0.25, 0.3) is 0 Å². The van der Waals surface area contributed by atoms with E-state index >= 15 is 0 Å². The van der Waals surface area contributed by atoms with Crippen LogP contribution in [0.4, 0.5) is 5.82 Å². The predicted molar refractivity (Wildman–Crippen MR) is 82.7 cm³/mol. The molecule has 0 spiro atoms. The molecule has 0 saturated heterocycles. The number of pyridine rings is 1. The highest BCUT2D eigenvalue weighted by Gasteiger charge is 2.05. The number of aromatic nitrogens is 1. The van der Waals surface area contributed by atoms with Gasteiger partial charge in [-0.3, -0.25) is 0 Å². The van der Waals surface area contributed by atoms with Gasteiger partial charge >= 0.3 is 0 Å². The van der Waals surface area contributed by atoms with Crippen LogP contribution in [-0.4, -0.2) is 18.6 Å². The number of thiophene rings is 1. The third-order valence-electron chi connectivity index (χ3n) is 2.89. The van der Waals surface area contributed by atoms with Crippen LogP contribution in [-0.2, 0) is 13.1 Å². The molecule has 2 aromatic heterocycles. The summed E-state index contributed by atoms with van der Waals surface area (Å²) in [6.07, 6.45) is 1.15. The largest absolute Gasteiger partial charge is 0.355 e. The average Bonchev–Trinajstić information content (AvgIpc) is 2.92. The molecule has 2 aromatic rings. The van der Waals surface area contributed by atoms with Gasteiger partial charge in [-0.05, 0) is 36.5 Å². The van der Waals surface area contributed by atoms with E-state index in [1.54, 1.807) is 11.3 Å². The number of anilines is 1. The molecule has 19 heavy (non-hydrogen) atoms. The van der Waals surface area contributed by atoms with Gasteiger partial charge < -0.3 is 10.2 Å². The Morgan fingerprint density at radius 3 is 2.89 bits per heavy atom. The highest BCUT2D eigenvalue weighted by atomic mass is 32.1. The molecule has 3 nitrogen and oxygen atoms in total. The SMILES string of the molecule is CCCNCc1cccc(N(C)Cc2cccs2)n1. The second kappa shape index (κ2) is 7.26. The molecule has 0 bridgehead atoms. The minimum absolute atomic E-state index is 0.842. The van der Waals surface area contributed by atoms with Crippen molar-refractivity contribution in [1.29, 1.82) is 0 Å². The van der Waals surface area contributed by atoms with Gasteiger partial charge in [0.15, 0.2) is 0 Å². The van der Waals surface area contributed by atoms with Crippen LogP contribution >= 0.6 is 11.3 Å². The van der Waals surface area contributed by atoms with Gasteiger partial charge in [0, 0.05) is 18.5 Å². The molecule has 0 aliphatic heterocycles. The molecular weight excluding hydrogens is 254 g/mol. The minimum Gasteiger partial charge on any atom is -0.355 e. The van der Waals surface area contributed by atoms with E-state index in [1.165, 1.54) is 4.88 Å². The highest BCUT2D eigenvalue weighted by Crippen LogP contribution is 2.16. The Morgan fingerprint density at radius 1 is 1.26 bits per heavy atom. The lowest BCUT2D eigenvalue weighted by Gasteiger charge is -2.18. The third kappa shape index (κ3) is 4.33. The normalized spacial score (nSPS) is 10.6. The van der Waals surface area contributed by atoms with Crippen LogP contribution in [0.3, 0.4) is 0 Å². The molecule has 2 heterocycles. The molecule has 4 heteroatoms. The van der Waals surface area contributed by atoms with E-state index in [1.807, 2.05) is 0 Å². The first kappa shape index (κ1) is 14.0. The first-order chi connectivity index (χ1) is 9.29. The first-order valence-corrected chi connectivity index (χ1v) is 7.57. The highest BCUT2D eigenvalue weighted by molar-refractivity contribution is 7.09. The molecular formula is C15H21N3S. The maximum atomic E-state index is 4.69. The van der Waals surface area contributed by atoms with Crippen LogP contribution in [0.5, 0.6) is 0 Å². The molecule has 0 fully saturated rings. The number of nitrogens with zero attached hydrogens (tertiary/aromatic N) is 2. The van der Waals surface area contributed by atoms with Crippen molar-refractivity contribution in [3.8, 4) is 0 Å². The van der Waals surface area contributed by atoms with Crippen LogP contribution in [0.2, 0.25) is 0 Å². The van der Waals surface area contributed by atoms with Crippen LogP contribution < -0.4 is 10.2 Å². The number of nitrogens with one attached hydrogen (secondary N) is 1. The summed E-state index contributed by atoms with van der Waals surface area (Å²) in [5, 5.41) is 5.50. The Hall–Kier alpha value is -1.39. The smallest absolute Gasteiger partial charge is 0.128 e. The fourth-order valence-electron chi connectivity index (χ4n) is 1.89. The zero-order valence-electron chi connectivity index (χ0n) is 11.6. The van der Waals surface area contributed by atoms with Crippen LogP contribution in [0.1, 0.15) is 23.9 Å². The Kier molecular flexibility index (Phi) is 5.36. The predicted octanol–water partition coefficient (Wildman–Crippen LogP) is 3.28. The van der Waals surface area contributed by atoms with Gasteiger partial charge in [0.25, 0.3) is 0 Å². The van der Waals surface area contributed by atoms with E-state index in [9.17, 15) is 0 Å². The third-order valence-corrected chi connectivity index (χ3v) is 3.75. The van der Waals surface area contributed by atoms with Crippen LogP contribution in [0.15, 0.2) is 35.7 Å². The van der Waals surface area contributed by atoms with Gasteiger partial charge in [0.2, 0.25) is 0 Å². The summed E-state index contributed by atoms with van der Waals surface area (Å²) in [5.74, 6) is 1.03. The zero-order valence-corrected chi connectivity index (χ0v) is 12.4. The zero-order chi connectivity index (χ0) is 13.5. The van der Waals surface area contributed by atoms with Gasteiger partial charge in [0.1, 0.15) is 5.82 Å². The van der Waals surface area contributed by atoms with Crippen molar-refractivity contribution in [3.05, 3.63) is 46.3 Å². The lowest BCUT2D eigenvalue weighted by molar-refractivity contribution is 0.663. The lowest BCUT2D eigenvalue weighted by Crippen LogP contribution is -2.19. The molecule has 0 aromatic carbocycles. The Morgan fingerprint density at radius 2 is 2.16 bits per heavy atom. The monoisotopic (exact) mass is 275 g/mol. The molecule has 0 aliphatic rings. The molecule has 102 valence electrons. The second-order valence-electron chi connectivity index (χ2n) is 4.60. The molecule has 0 amide bonds. The van der Waals surface area contributed by atoms with Crippen molar-refractivity contribution in [3.63, 3.8) is 0 Å². The van der Waals surface area contributed by atoms with Crippen molar-refractivity contribution in [1.82, 2.24) is 10.3 Å². The van der Waals surface area contributed by atoms with E-state index in [2.05, 4.69) is 59.9 Å². The Balaban J connectivity index is 1.97. The van der Waals surface area contributed by atoms with E-state index < -0.39 is 0 Å². The summed E-state index contributed by atoms with van der Waals surface area (Å²) in [6, 6.07) is 10.5. The summed E-state index contributed by atoms with van der Waals surface area (Å²) in [7, 11) is 2.09. The summed E-state index contributed by atoms with van der Waals surface area (Å²) < 4.78 is 0. The number of hydrogen-bond donors (Lipinski definition) is 1. The van der Waals surface area contributed by atoms with Crippen molar-refractivity contribution in [2.45, 2.75) is 26.4 Å². The number of hydrogen-bond acceptors (Lipinski definition) is 4. The maximum absolute atomic E-state index is 4.69. The molecule has 0 radical (unpaired) electrons. The molecule has 0 unspecified atom stereocenters. The fourth-order valence-corrected chi connectivity index (χ4v) is 2.65. The Labute approximate surface area is 119 Å². The summed E-state index contributed by atoms with van der Waals surface area (Å²) in [5.41, 5.74) is 1.10. The van der Waals surface area contributed by atoms with E-state index in [0.29, 0.717) is 0 Å².